The fourth-order valence-electron chi connectivity index (χ4n) is 3.70. The number of halogens is 2. The second-order valence-corrected chi connectivity index (χ2v) is 9.81. The van der Waals surface area contributed by atoms with Crippen molar-refractivity contribution in [3.63, 3.8) is 0 Å². The standard InChI is InChI=1S/C26H23Br2N3O7/c1-13-6-7-15(12-29-13)24-30-31(14(2)32)25(38-24)18-10-17(27)11-19(28)22(18)37-26(33)16-8-20(34-3)23(36-5)21(9-16)35-4/h6-12,25H,1-5H3/t25-/m0/s1. The van der Waals surface area contributed by atoms with Crippen molar-refractivity contribution < 1.29 is 33.3 Å². The molecule has 38 heavy (non-hydrogen) atoms. The Labute approximate surface area is 235 Å². The lowest BCUT2D eigenvalue weighted by molar-refractivity contribution is -0.135. The first kappa shape index (κ1) is 27.4. The number of carbonyl (C=O) groups excluding carboxylic acids is 2. The van der Waals surface area contributed by atoms with Crippen LogP contribution in [0.2, 0.25) is 0 Å². The van der Waals surface area contributed by atoms with Crippen LogP contribution in [0.15, 0.2) is 56.6 Å². The molecule has 3 aromatic rings. The first-order chi connectivity index (χ1) is 18.2. The summed E-state index contributed by atoms with van der Waals surface area (Å²) in [6.07, 6.45) is 0.595. The second kappa shape index (κ2) is 11.4. The highest BCUT2D eigenvalue weighted by atomic mass is 79.9. The maximum absolute atomic E-state index is 13.3. The van der Waals surface area contributed by atoms with Crippen molar-refractivity contribution in [2.75, 3.05) is 21.3 Å². The zero-order valence-corrected chi connectivity index (χ0v) is 24.2. The van der Waals surface area contributed by atoms with E-state index in [2.05, 4.69) is 41.9 Å². The molecular formula is C26H23Br2N3O7. The van der Waals surface area contributed by atoms with Gasteiger partial charge >= 0.3 is 5.97 Å². The number of ether oxygens (including phenoxy) is 5. The van der Waals surface area contributed by atoms with Crippen LogP contribution in [0.25, 0.3) is 0 Å². The summed E-state index contributed by atoms with van der Waals surface area (Å²) in [5.74, 6) is 0.190. The van der Waals surface area contributed by atoms with Crippen molar-refractivity contribution >= 4 is 49.6 Å². The number of aryl methyl sites for hydroxylation is 1. The van der Waals surface area contributed by atoms with Gasteiger partial charge in [-0.25, -0.2) is 4.79 Å². The lowest BCUT2D eigenvalue weighted by Gasteiger charge is -2.22. The summed E-state index contributed by atoms with van der Waals surface area (Å²) >= 11 is 6.93. The van der Waals surface area contributed by atoms with Gasteiger partial charge in [0.25, 0.3) is 0 Å². The van der Waals surface area contributed by atoms with E-state index in [-0.39, 0.29) is 23.1 Å². The van der Waals surface area contributed by atoms with E-state index in [0.717, 1.165) is 5.69 Å². The fraction of sp³-hybridized carbons (Fsp3) is 0.231. The molecule has 2 aromatic carbocycles. The Hall–Kier alpha value is -3.64. The van der Waals surface area contributed by atoms with E-state index in [4.69, 9.17) is 23.7 Å². The van der Waals surface area contributed by atoms with Crippen LogP contribution in [0.4, 0.5) is 0 Å². The van der Waals surface area contributed by atoms with Crippen molar-refractivity contribution in [2.45, 2.75) is 20.1 Å². The zero-order valence-electron chi connectivity index (χ0n) is 21.1. The Morgan fingerprint density at radius 2 is 1.66 bits per heavy atom. The molecule has 0 fully saturated rings. The van der Waals surface area contributed by atoms with Crippen LogP contribution in [0.3, 0.4) is 0 Å². The molecule has 0 N–H and O–H groups in total. The number of hydrogen-bond acceptors (Lipinski definition) is 9. The van der Waals surface area contributed by atoms with E-state index in [1.54, 1.807) is 24.4 Å². The van der Waals surface area contributed by atoms with Crippen LogP contribution in [0, 0.1) is 6.92 Å². The SMILES string of the molecule is COc1cc(C(=O)Oc2c(Br)cc(Br)cc2[C@@H]2OC(c3ccc(C)nc3)=NN2C(C)=O)cc(OC)c1OC. The number of rotatable bonds is 7. The molecule has 0 unspecified atom stereocenters. The molecule has 198 valence electrons. The lowest BCUT2D eigenvalue weighted by Crippen LogP contribution is -2.26. The molecule has 4 rings (SSSR count). The minimum absolute atomic E-state index is 0.140. The quantitative estimate of drug-likeness (QED) is 0.248. The fourth-order valence-corrected chi connectivity index (χ4v) is 5.04. The number of carbonyl (C=O) groups is 2. The minimum atomic E-state index is -1.01. The van der Waals surface area contributed by atoms with Gasteiger partial charge in [-0.1, -0.05) is 15.9 Å². The van der Waals surface area contributed by atoms with Crippen LogP contribution in [0.1, 0.15) is 40.3 Å². The molecule has 1 atom stereocenters. The molecule has 2 heterocycles. The van der Waals surface area contributed by atoms with Gasteiger partial charge in [0.2, 0.25) is 23.8 Å². The predicted molar refractivity (Wildman–Crippen MR) is 145 cm³/mol. The van der Waals surface area contributed by atoms with Crippen molar-refractivity contribution in [1.29, 1.82) is 0 Å². The second-order valence-electron chi connectivity index (χ2n) is 8.04. The Kier molecular flexibility index (Phi) is 8.22. The smallest absolute Gasteiger partial charge is 0.343 e. The summed E-state index contributed by atoms with van der Waals surface area (Å²) < 4.78 is 29.1. The zero-order chi connectivity index (χ0) is 27.6. The average molecular weight is 649 g/mol. The molecule has 10 nitrogen and oxygen atoms in total. The van der Waals surface area contributed by atoms with Crippen molar-refractivity contribution in [2.24, 2.45) is 5.10 Å². The number of nitrogens with zero attached hydrogens (tertiary/aromatic N) is 3. The number of aromatic nitrogens is 1. The highest BCUT2D eigenvalue weighted by Gasteiger charge is 2.37. The largest absolute Gasteiger partial charge is 0.493 e. The van der Waals surface area contributed by atoms with Crippen molar-refractivity contribution in [1.82, 2.24) is 9.99 Å². The summed E-state index contributed by atoms with van der Waals surface area (Å²) in [4.78, 5) is 30.1. The summed E-state index contributed by atoms with van der Waals surface area (Å²) in [6, 6.07) is 9.97. The first-order valence-corrected chi connectivity index (χ1v) is 12.7. The molecule has 1 aliphatic rings. The molecule has 1 aromatic heterocycles. The first-order valence-electron chi connectivity index (χ1n) is 11.2. The molecule has 0 aliphatic carbocycles. The van der Waals surface area contributed by atoms with Gasteiger partial charge in [0, 0.05) is 23.3 Å². The van der Waals surface area contributed by atoms with Gasteiger partial charge in [-0.2, -0.15) is 5.01 Å². The Morgan fingerprint density at radius 3 is 2.21 bits per heavy atom. The van der Waals surface area contributed by atoms with Gasteiger partial charge in [0.05, 0.1) is 42.5 Å². The molecule has 0 saturated heterocycles. The molecule has 0 radical (unpaired) electrons. The summed E-state index contributed by atoms with van der Waals surface area (Å²) in [6.45, 7) is 3.23. The minimum Gasteiger partial charge on any atom is -0.493 e. The average Bonchev–Trinajstić information content (AvgIpc) is 3.35. The van der Waals surface area contributed by atoms with E-state index in [0.29, 0.717) is 37.3 Å². The molecule has 0 bridgehead atoms. The number of pyridine rings is 1. The van der Waals surface area contributed by atoms with Gasteiger partial charge in [-0.05, 0) is 59.3 Å². The van der Waals surface area contributed by atoms with Crippen LogP contribution in [-0.4, -0.2) is 49.1 Å². The van der Waals surface area contributed by atoms with Gasteiger partial charge in [0.15, 0.2) is 17.2 Å². The lowest BCUT2D eigenvalue weighted by atomic mass is 10.1. The topological polar surface area (TPSA) is 109 Å². The Bertz CT molecular complexity index is 1400. The number of methoxy groups -OCH3 is 3. The van der Waals surface area contributed by atoms with Gasteiger partial charge in [-0.3, -0.25) is 9.78 Å². The molecule has 0 saturated carbocycles. The summed E-state index contributed by atoms with van der Waals surface area (Å²) in [5.41, 5.74) is 1.94. The Morgan fingerprint density at radius 1 is 0.974 bits per heavy atom. The highest BCUT2D eigenvalue weighted by Crippen LogP contribution is 2.43. The van der Waals surface area contributed by atoms with Crippen molar-refractivity contribution in [3.05, 3.63) is 73.9 Å². The van der Waals surface area contributed by atoms with Crippen LogP contribution < -0.4 is 18.9 Å². The third-order valence-electron chi connectivity index (χ3n) is 5.52. The van der Waals surface area contributed by atoms with Gasteiger partial charge in [0.1, 0.15) is 0 Å². The number of hydrazone groups is 1. The number of hydrogen-bond donors (Lipinski definition) is 0. The third-order valence-corrected chi connectivity index (χ3v) is 6.57. The van der Waals surface area contributed by atoms with E-state index >= 15 is 0 Å². The normalized spacial score (nSPS) is 14.4. The van der Waals surface area contributed by atoms with E-state index in [9.17, 15) is 9.59 Å². The highest BCUT2D eigenvalue weighted by molar-refractivity contribution is 9.11. The molecular weight excluding hydrogens is 626 g/mol. The van der Waals surface area contributed by atoms with Crippen LogP contribution >= 0.6 is 31.9 Å². The molecule has 1 aliphatic heterocycles. The summed E-state index contributed by atoms with van der Waals surface area (Å²) in [5, 5.41) is 5.55. The number of amides is 1. The van der Waals surface area contributed by atoms with Crippen molar-refractivity contribution in [3.8, 4) is 23.0 Å². The third kappa shape index (κ3) is 5.46. The van der Waals surface area contributed by atoms with E-state index in [1.165, 1.54) is 45.4 Å². The molecule has 0 spiro atoms. The number of benzene rings is 2. The van der Waals surface area contributed by atoms with Gasteiger partial charge in [-0.15, -0.1) is 5.10 Å². The maximum atomic E-state index is 13.3. The molecule has 1 amide bonds. The number of esters is 1. The molecule has 12 heteroatoms. The van der Waals surface area contributed by atoms with Gasteiger partial charge < -0.3 is 23.7 Å². The predicted octanol–water partition coefficient (Wildman–Crippen LogP) is 5.40. The maximum Gasteiger partial charge on any atom is 0.343 e. The van der Waals surface area contributed by atoms with E-state index in [1.807, 2.05) is 13.0 Å². The Balaban J connectivity index is 1.73. The summed E-state index contributed by atoms with van der Waals surface area (Å²) in [7, 11) is 4.37. The van der Waals surface area contributed by atoms with Crippen LogP contribution in [0.5, 0.6) is 23.0 Å². The monoisotopic (exact) mass is 647 g/mol. The van der Waals surface area contributed by atoms with E-state index < -0.39 is 12.2 Å². The van der Waals surface area contributed by atoms with Crippen LogP contribution in [-0.2, 0) is 9.53 Å².